The van der Waals surface area contributed by atoms with Gasteiger partial charge in [0, 0.05) is 38.8 Å². The number of nitrogens with one attached hydrogen (secondary N) is 1. The van der Waals surface area contributed by atoms with Crippen LogP contribution in [0.1, 0.15) is 43.4 Å². The van der Waals surface area contributed by atoms with Gasteiger partial charge in [0.05, 0.1) is 12.6 Å². The number of nitrogens with zero attached hydrogens (tertiary/aromatic N) is 2. The van der Waals surface area contributed by atoms with Gasteiger partial charge < -0.3 is 10.1 Å². The highest BCUT2D eigenvalue weighted by Gasteiger charge is 2.28. The number of carbonyl (C=O) groups excluding carboxylic acids is 1. The van der Waals surface area contributed by atoms with Gasteiger partial charge in [-0.2, -0.15) is 0 Å². The number of carbonyl (C=O) groups is 1. The van der Waals surface area contributed by atoms with Gasteiger partial charge in [0.2, 0.25) is 5.91 Å². The second-order valence-corrected chi connectivity index (χ2v) is 8.80. The van der Waals surface area contributed by atoms with Gasteiger partial charge in [0.25, 0.3) is 0 Å². The first-order valence-corrected chi connectivity index (χ1v) is 11.7. The zero-order valence-electron chi connectivity index (χ0n) is 18.8. The first kappa shape index (κ1) is 21.8. The lowest BCUT2D eigenvalue weighted by atomic mass is 9.98. The van der Waals surface area contributed by atoms with Crippen molar-refractivity contribution >= 4 is 5.91 Å². The largest absolute Gasteiger partial charge is 0.494 e. The molecule has 0 spiro atoms. The molecule has 0 saturated carbocycles. The van der Waals surface area contributed by atoms with Crippen LogP contribution >= 0.6 is 0 Å². The Bertz CT molecular complexity index is 862. The van der Waals surface area contributed by atoms with E-state index in [1.807, 2.05) is 13.8 Å². The summed E-state index contributed by atoms with van der Waals surface area (Å²) in [5.74, 6) is 1.08. The lowest BCUT2D eigenvalue weighted by Crippen LogP contribution is -2.51. The Morgan fingerprint density at radius 2 is 1.87 bits per heavy atom. The molecule has 166 valence electrons. The fourth-order valence-corrected chi connectivity index (χ4v) is 4.71. The van der Waals surface area contributed by atoms with Crippen LogP contribution in [0.25, 0.3) is 0 Å². The molecule has 1 fully saturated rings. The second kappa shape index (κ2) is 10.3. The van der Waals surface area contributed by atoms with Crippen LogP contribution in [0.15, 0.2) is 48.5 Å². The zero-order chi connectivity index (χ0) is 21.6. The van der Waals surface area contributed by atoms with Crippen LogP contribution in [-0.4, -0.2) is 54.0 Å². The fourth-order valence-electron chi connectivity index (χ4n) is 4.71. The molecule has 1 unspecified atom stereocenters. The summed E-state index contributed by atoms with van der Waals surface area (Å²) in [6.45, 7) is 9.50. The molecular formula is C26H35N3O2. The first-order chi connectivity index (χ1) is 15.1. The van der Waals surface area contributed by atoms with Crippen molar-refractivity contribution in [2.75, 3.05) is 26.2 Å². The molecular weight excluding hydrogens is 386 g/mol. The molecule has 5 nitrogen and oxygen atoms in total. The molecule has 0 radical (unpaired) electrons. The van der Waals surface area contributed by atoms with E-state index in [2.05, 4.69) is 63.6 Å². The first-order valence-electron chi connectivity index (χ1n) is 11.7. The molecule has 31 heavy (non-hydrogen) atoms. The lowest BCUT2D eigenvalue weighted by Gasteiger charge is -2.36. The Labute approximate surface area is 186 Å². The topological polar surface area (TPSA) is 44.8 Å². The molecule has 2 aromatic carbocycles. The van der Waals surface area contributed by atoms with Crippen molar-refractivity contribution in [3.63, 3.8) is 0 Å². The standard InChI is InChI=1S/C26H35N3O2/c1-3-31-25-10-9-22-11-16-29(19-23(22)17-25)20(2)26(30)27-24-12-14-28(15-13-24)18-21-7-5-4-6-8-21/h4-10,17,20,24H,3,11-16,18-19H2,1-2H3,(H,27,30). The maximum atomic E-state index is 13.0. The number of likely N-dealkylation sites (tertiary alicyclic amines) is 1. The average Bonchev–Trinajstić information content (AvgIpc) is 2.80. The summed E-state index contributed by atoms with van der Waals surface area (Å²) in [5, 5.41) is 3.32. The van der Waals surface area contributed by atoms with Gasteiger partial charge in [-0.25, -0.2) is 0 Å². The molecule has 2 aliphatic rings. The van der Waals surface area contributed by atoms with Gasteiger partial charge in [0.1, 0.15) is 5.75 Å². The molecule has 1 saturated heterocycles. The fraction of sp³-hybridized carbons (Fsp3) is 0.500. The van der Waals surface area contributed by atoms with Gasteiger partial charge in [-0.1, -0.05) is 36.4 Å². The minimum absolute atomic E-state index is 0.119. The van der Waals surface area contributed by atoms with E-state index in [1.165, 1.54) is 16.7 Å². The summed E-state index contributed by atoms with van der Waals surface area (Å²) in [6.07, 6.45) is 3.02. The molecule has 5 heteroatoms. The number of fused-ring (bicyclic) bond motifs is 1. The number of piperidine rings is 1. The van der Waals surface area contributed by atoms with Gasteiger partial charge in [-0.15, -0.1) is 0 Å². The SMILES string of the molecule is CCOc1ccc2c(c1)CN(C(C)C(=O)NC1CCN(Cc3ccccc3)CC1)CC2. The third kappa shape index (κ3) is 5.66. The molecule has 1 amide bonds. The van der Waals surface area contributed by atoms with E-state index in [0.29, 0.717) is 6.61 Å². The highest BCUT2D eigenvalue weighted by Crippen LogP contribution is 2.25. The number of rotatable bonds is 7. The van der Waals surface area contributed by atoms with Crippen LogP contribution in [0.5, 0.6) is 5.75 Å². The Morgan fingerprint density at radius 1 is 1.10 bits per heavy atom. The predicted octanol–water partition coefficient (Wildman–Crippen LogP) is 3.61. The summed E-state index contributed by atoms with van der Waals surface area (Å²) < 4.78 is 5.66. The Kier molecular flexibility index (Phi) is 7.25. The highest BCUT2D eigenvalue weighted by atomic mass is 16.5. The van der Waals surface area contributed by atoms with Crippen LogP contribution in [0, 0.1) is 0 Å². The molecule has 1 atom stereocenters. The second-order valence-electron chi connectivity index (χ2n) is 8.80. The van der Waals surface area contributed by atoms with Crippen molar-refractivity contribution in [3.8, 4) is 5.75 Å². The smallest absolute Gasteiger partial charge is 0.237 e. The van der Waals surface area contributed by atoms with E-state index in [4.69, 9.17) is 4.74 Å². The summed E-state index contributed by atoms with van der Waals surface area (Å²) >= 11 is 0. The van der Waals surface area contributed by atoms with Crippen molar-refractivity contribution in [2.45, 2.75) is 58.3 Å². The number of amides is 1. The van der Waals surface area contributed by atoms with Crippen molar-refractivity contribution in [1.82, 2.24) is 15.1 Å². The quantitative estimate of drug-likeness (QED) is 0.742. The Morgan fingerprint density at radius 3 is 2.61 bits per heavy atom. The number of ether oxygens (including phenoxy) is 1. The molecule has 2 heterocycles. The normalized spacial score (nSPS) is 18.9. The van der Waals surface area contributed by atoms with E-state index in [-0.39, 0.29) is 18.0 Å². The summed E-state index contributed by atoms with van der Waals surface area (Å²) in [5.41, 5.74) is 4.01. The average molecular weight is 422 g/mol. The zero-order valence-corrected chi connectivity index (χ0v) is 18.8. The van der Waals surface area contributed by atoms with Gasteiger partial charge in [0.15, 0.2) is 0 Å². The Hall–Kier alpha value is -2.37. The number of hydrogen-bond donors (Lipinski definition) is 1. The van der Waals surface area contributed by atoms with Crippen molar-refractivity contribution in [2.24, 2.45) is 0 Å². The van der Waals surface area contributed by atoms with Crippen LogP contribution < -0.4 is 10.1 Å². The molecule has 1 N–H and O–H groups in total. The Balaban J connectivity index is 1.26. The van der Waals surface area contributed by atoms with Gasteiger partial charge in [-0.3, -0.25) is 14.6 Å². The van der Waals surface area contributed by atoms with Crippen molar-refractivity contribution in [1.29, 1.82) is 0 Å². The monoisotopic (exact) mass is 421 g/mol. The van der Waals surface area contributed by atoms with E-state index in [9.17, 15) is 4.79 Å². The van der Waals surface area contributed by atoms with Crippen LogP contribution in [-0.2, 0) is 24.3 Å². The summed E-state index contributed by atoms with van der Waals surface area (Å²) in [4.78, 5) is 17.7. The minimum Gasteiger partial charge on any atom is -0.494 e. The van der Waals surface area contributed by atoms with Crippen LogP contribution in [0.2, 0.25) is 0 Å². The lowest BCUT2D eigenvalue weighted by molar-refractivity contribution is -0.127. The summed E-state index contributed by atoms with van der Waals surface area (Å²) in [6, 6.07) is 17.1. The van der Waals surface area contributed by atoms with Gasteiger partial charge in [-0.05, 0) is 61.9 Å². The third-order valence-corrected chi connectivity index (χ3v) is 6.64. The van der Waals surface area contributed by atoms with Gasteiger partial charge >= 0.3 is 0 Å². The summed E-state index contributed by atoms with van der Waals surface area (Å²) in [7, 11) is 0. The van der Waals surface area contributed by atoms with Crippen molar-refractivity contribution in [3.05, 3.63) is 65.2 Å². The van der Waals surface area contributed by atoms with Crippen LogP contribution in [0.4, 0.5) is 0 Å². The molecule has 0 aromatic heterocycles. The van der Waals surface area contributed by atoms with E-state index < -0.39 is 0 Å². The molecule has 2 aromatic rings. The number of hydrogen-bond acceptors (Lipinski definition) is 4. The van der Waals surface area contributed by atoms with E-state index in [1.54, 1.807) is 0 Å². The highest BCUT2D eigenvalue weighted by molar-refractivity contribution is 5.81. The van der Waals surface area contributed by atoms with E-state index >= 15 is 0 Å². The van der Waals surface area contributed by atoms with Crippen molar-refractivity contribution < 1.29 is 9.53 Å². The van der Waals surface area contributed by atoms with E-state index in [0.717, 1.165) is 57.7 Å². The molecule has 0 bridgehead atoms. The molecule has 2 aliphatic heterocycles. The third-order valence-electron chi connectivity index (χ3n) is 6.64. The number of benzene rings is 2. The molecule has 4 rings (SSSR count). The maximum Gasteiger partial charge on any atom is 0.237 e. The predicted molar refractivity (Wildman–Crippen MR) is 124 cm³/mol. The maximum absolute atomic E-state index is 13.0. The van der Waals surface area contributed by atoms with Crippen LogP contribution in [0.3, 0.4) is 0 Å². The molecule has 0 aliphatic carbocycles. The minimum atomic E-state index is -0.119.